The minimum atomic E-state index is -0.465. The SMILES string of the molecule is C=CC(=O)Oc1c2c(c(Oc3ccccc3)c3cc(Cl)ccc13)C1C=C(CCC=C(C)C)C2C1. The van der Waals surface area contributed by atoms with Crippen molar-refractivity contribution < 1.29 is 14.3 Å². The van der Waals surface area contributed by atoms with Crippen molar-refractivity contribution in [3.8, 4) is 17.2 Å². The highest BCUT2D eigenvalue weighted by Gasteiger charge is 2.43. The molecule has 3 aromatic rings. The van der Waals surface area contributed by atoms with Crippen LogP contribution < -0.4 is 9.47 Å². The van der Waals surface area contributed by atoms with E-state index in [1.807, 2.05) is 48.5 Å². The molecule has 0 heterocycles. The molecule has 5 rings (SSSR count). The first-order chi connectivity index (χ1) is 16.5. The number of carbonyl (C=O) groups is 1. The van der Waals surface area contributed by atoms with Gasteiger partial charge >= 0.3 is 5.97 Å². The molecule has 2 unspecified atom stereocenters. The summed E-state index contributed by atoms with van der Waals surface area (Å²) in [4.78, 5) is 12.4. The molecule has 0 N–H and O–H groups in total. The van der Waals surface area contributed by atoms with Gasteiger partial charge in [-0.05, 0) is 63.4 Å². The number of hydrogen-bond acceptors (Lipinski definition) is 3. The zero-order valence-corrected chi connectivity index (χ0v) is 20.2. The van der Waals surface area contributed by atoms with Gasteiger partial charge in [0.15, 0.2) is 0 Å². The number of para-hydroxylation sites is 1. The molecule has 0 aliphatic heterocycles. The lowest BCUT2D eigenvalue weighted by Crippen LogP contribution is -2.10. The summed E-state index contributed by atoms with van der Waals surface area (Å²) in [5.74, 6) is 2.11. The number of carbonyl (C=O) groups excluding carboxylic acids is 1. The minimum Gasteiger partial charge on any atom is -0.456 e. The van der Waals surface area contributed by atoms with Gasteiger partial charge in [-0.25, -0.2) is 4.79 Å². The highest BCUT2D eigenvalue weighted by atomic mass is 35.5. The van der Waals surface area contributed by atoms with Crippen LogP contribution in [0.4, 0.5) is 0 Å². The zero-order chi connectivity index (χ0) is 23.8. The summed E-state index contributed by atoms with van der Waals surface area (Å²) in [6.45, 7) is 7.85. The number of benzene rings is 3. The van der Waals surface area contributed by atoms with Gasteiger partial charge in [0.2, 0.25) is 0 Å². The average molecular weight is 471 g/mol. The fourth-order valence-corrected chi connectivity index (χ4v) is 5.43. The Morgan fingerprint density at radius 1 is 1.09 bits per heavy atom. The normalized spacial score (nSPS) is 17.8. The first-order valence-corrected chi connectivity index (χ1v) is 12.0. The van der Waals surface area contributed by atoms with Crippen molar-refractivity contribution in [3.05, 3.63) is 101 Å². The smallest absolute Gasteiger partial charge is 0.335 e. The Bertz CT molecular complexity index is 1350. The van der Waals surface area contributed by atoms with E-state index >= 15 is 0 Å². The molecule has 0 aromatic heterocycles. The van der Waals surface area contributed by atoms with Crippen molar-refractivity contribution in [2.24, 2.45) is 0 Å². The van der Waals surface area contributed by atoms with Crippen molar-refractivity contribution in [2.45, 2.75) is 44.9 Å². The average Bonchev–Trinajstić information content (AvgIpc) is 3.40. The molecule has 2 bridgehead atoms. The fourth-order valence-electron chi connectivity index (χ4n) is 5.26. The molecule has 0 radical (unpaired) electrons. The molecule has 0 saturated carbocycles. The number of halogens is 1. The third-order valence-corrected chi connectivity index (χ3v) is 6.88. The molecule has 0 saturated heterocycles. The molecule has 0 spiro atoms. The molecule has 0 fully saturated rings. The van der Waals surface area contributed by atoms with Gasteiger partial charge in [-0.3, -0.25) is 0 Å². The third kappa shape index (κ3) is 4.05. The van der Waals surface area contributed by atoms with Crippen molar-refractivity contribution in [2.75, 3.05) is 0 Å². The molecule has 0 amide bonds. The quantitative estimate of drug-likeness (QED) is 0.150. The van der Waals surface area contributed by atoms with E-state index in [0.29, 0.717) is 10.8 Å². The van der Waals surface area contributed by atoms with E-state index in [9.17, 15) is 4.79 Å². The van der Waals surface area contributed by atoms with E-state index in [1.165, 1.54) is 17.2 Å². The van der Waals surface area contributed by atoms with Crippen LogP contribution in [0.3, 0.4) is 0 Å². The van der Waals surface area contributed by atoms with Gasteiger partial charge in [-0.15, -0.1) is 0 Å². The Kier molecular flexibility index (Phi) is 6.05. The van der Waals surface area contributed by atoms with Crippen LogP contribution in [0.2, 0.25) is 5.02 Å². The van der Waals surface area contributed by atoms with Crippen molar-refractivity contribution in [3.63, 3.8) is 0 Å². The van der Waals surface area contributed by atoms with Gasteiger partial charge in [0.05, 0.1) is 0 Å². The maximum absolute atomic E-state index is 12.4. The summed E-state index contributed by atoms with van der Waals surface area (Å²) >= 11 is 6.42. The molecule has 172 valence electrons. The Morgan fingerprint density at radius 3 is 2.62 bits per heavy atom. The Morgan fingerprint density at radius 2 is 1.88 bits per heavy atom. The monoisotopic (exact) mass is 470 g/mol. The number of ether oxygens (including phenoxy) is 2. The predicted molar refractivity (Wildman–Crippen MR) is 138 cm³/mol. The van der Waals surface area contributed by atoms with Crippen LogP contribution in [0.1, 0.15) is 56.1 Å². The van der Waals surface area contributed by atoms with Crippen LogP contribution in [-0.4, -0.2) is 5.97 Å². The zero-order valence-electron chi connectivity index (χ0n) is 19.4. The standard InChI is InChI=1S/C30H27ClO3/c1-4-26(32)34-29-23-14-13-21(31)17-25(23)30(33-22-11-6-5-7-12-22)27-20-15-19(10-8-9-18(2)3)24(16-20)28(27)29/h4-7,9,11-15,17,20,24H,1,8,10,16H2,2-3H3. The summed E-state index contributed by atoms with van der Waals surface area (Å²) in [5.41, 5.74) is 4.90. The van der Waals surface area contributed by atoms with E-state index in [0.717, 1.165) is 52.7 Å². The van der Waals surface area contributed by atoms with E-state index in [-0.39, 0.29) is 11.8 Å². The van der Waals surface area contributed by atoms with Gasteiger partial charge in [0.25, 0.3) is 0 Å². The summed E-state index contributed by atoms with van der Waals surface area (Å²) in [6, 6.07) is 15.4. The van der Waals surface area contributed by atoms with Crippen molar-refractivity contribution in [1.29, 1.82) is 0 Å². The lowest BCUT2D eigenvalue weighted by atomic mass is 9.85. The van der Waals surface area contributed by atoms with Crippen LogP contribution in [0.5, 0.6) is 17.2 Å². The second-order valence-electron chi connectivity index (χ2n) is 9.17. The van der Waals surface area contributed by atoms with Gasteiger partial charge < -0.3 is 9.47 Å². The maximum atomic E-state index is 12.4. The highest BCUT2D eigenvalue weighted by Crippen LogP contribution is 2.61. The van der Waals surface area contributed by atoms with E-state index in [2.05, 4.69) is 32.6 Å². The fraction of sp³-hybridized carbons (Fsp3) is 0.233. The Balaban J connectivity index is 1.71. The molecule has 2 aliphatic carbocycles. The predicted octanol–water partition coefficient (Wildman–Crippen LogP) is 8.63. The van der Waals surface area contributed by atoms with Crippen molar-refractivity contribution in [1.82, 2.24) is 0 Å². The number of hydrogen-bond donors (Lipinski definition) is 0. The largest absolute Gasteiger partial charge is 0.456 e. The summed E-state index contributed by atoms with van der Waals surface area (Å²) in [5, 5.41) is 2.27. The molecule has 2 aliphatic rings. The molecular weight excluding hydrogens is 444 g/mol. The van der Waals surface area contributed by atoms with Crippen LogP contribution >= 0.6 is 11.6 Å². The van der Waals surface area contributed by atoms with Crippen LogP contribution in [-0.2, 0) is 4.79 Å². The van der Waals surface area contributed by atoms with Gasteiger partial charge in [0, 0.05) is 44.8 Å². The second kappa shape index (κ2) is 9.15. The first kappa shape index (κ1) is 22.5. The molecule has 3 nitrogen and oxygen atoms in total. The lowest BCUT2D eigenvalue weighted by molar-refractivity contribution is -0.128. The second-order valence-corrected chi connectivity index (χ2v) is 9.61. The Hall–Kier alpha value is -3.30. The topological polar surface area (TPSA) is 35.5 Å². The summed E-state index contributed by atoms with van der Waals surface area (Å²) in [7, 11) is 0. The summed E-state index contributed by atoms with van der Waals surface area (Å²) < 4.78 is 12.4. The van der Waals surface area contributed by atoms with Gasteiger partial charge in [-0.1, -0.05) is 59.7 Å². The molecule has 2 atom stereocenters. The number of fused-ring (bicyclic) bond motifs is 6. The highest BCUT2D eigenvalue weighted by molar-refractivity contribution is 6.31. The Labute approximate surface area is 205 Å². The molecular formula is C30H27ClO3. The van der Waals surface area contributed by atoms with Gasteiger partial charge in [0.1, 0.15) is 17.2 Å². The maximum Gasteiger partial charge on any atom is 0.335 e. The first-order valence-electron chi connectivity index (χ1n) is 11.7. The number of rotatable bonds is 7. The van der Waals surface area contributed by atoms with Crippen molar-refractivity contribution >= 4 is 28.3 Å². The molecule has 3 aromatic carbocycles. The minimum absolute atomic E-state index is 0.205. The lowest BCUT2D eigenvalue weighted by Gasteiger charge is -2.25. The van der Waals surface area contributed by atoms with Crippen LogP contribution in [0.15, 0.2) is 84.5 Å². The number of allylic oxidation sites excluding steroid dienone is 4. The molecule has 4 heteroatoms. The van der Waals surface area contributed by atoms with Crippen LogP contribution in [0, 0.1) is 0 Å². The summed E-state index contributed by atoms with van der Waals surface area (Å²) in [6.07, 6.45) is 8.84. The number of esters is 1. The van der Waals surface area contributed by atoms with E-state index in [4.69, 9.17) is 21.1 Å². The van der Waals surface area contributed by atoms with E-state index in [1.54, 1.807) is 0 Å². The van der Waals surface area contributed by atoms with E-state index < -0.39 is 5.97 Å². The van der Waals surface area contributed by atoms with Gasteiger partial charge in [-0.2, -0.15) is 0 Å². The molecule has 34 heavy (non-hydrogen) atoms. The van der Waals surface area contributed by atoms with Crippen LogP contribution in [0.25, 0.3) is 10.8 Å². The third-order valence-electron chi connectivity index (χ3n) is 6.64.